The lowest BCUT2D eigenvalue weighted by atomic mass is 10.1. The van der Waals surface area contributed by atoms with Gasteiger partial charge in [0.15, 0.2) is 5.69 Å². The van der Waals surface area contributed by atoms with Crippen LogP contribution in [0.25, 0.3) is 0 Å². The minimum Gasteiger partial charge on any atom is -0.444 e. The Morgan fingerprint density at radius 1 is 1.09 bits per heavy atom. The number of aryl methyl sites for hydroxylation is 1. The van der Waals surface area contributed by atoms with Crippen LogP contribution in [0.1, 0.15) is 43.1 Å². The van der Waals surface area contributed by atoms with Crippen molar-refractivity contribution in [1.82, 2.24) is 9.38 Å². The first-order chi connectivity index (χ1) is 16.4. The largest absolute Gasteiger partial charge is 0.529 e. The first-order valence-electron chi connectivity index (χ1n) is 11.1. The van der Waals surface area contributed by atoms with E-state index >= 15 is 0 Å². The van der Waals surface area contributed by atoms with Gasteiger partial charge in [0.25, 0.3) is 0 Å². The van der Waals surface area contributed by atoms with Gasteiger partial charge in [-0.1, -0.05) is 17.7 Å². The van der Waals surface area contributed by atoms with E-state index in [9.17, 15) is 19.5 Å². The van der Waals surface area contributed by atoms with E-state index in [1.807, 2.05) is 13.0 Å². The molecule has 3 rings (SSSR count). The lowest BCUT2D eigenvalue weighted by Gasteiger charge is -2.28. The maximum absolute atomic E-state index is 12.4. The average molecular weight is 481 g/mol. The van der Waals surface area contributed by atoms with Gasteiger partial charge in [-0.15, -0.1) is 4.48 Å². The summed E-state index contributed by atoms with van der Waals surface area (Å²) in [6.07, 6.45) is 1.44. The molecule has 0 aliphatic carbocycles. The van der Waals surface area contributed by atoms with Crippen molar-refractivity contribution in [2.75, 3.05) is 13.6 Å². The minimum atomic E-state index is -1.15. The second-order valence-electron chi connectivity index (χ2n) is 9.25. The summed E-state index contributed by atoms with van der Waals surface area (Å²) < 4.78 is 10.1. The Balaban J connectivity index is 1.74. The first kappa shape index (κ1) is 25.6. The molecule has 0 bridgehead atoms. The second kappa shape index (κ2) is 10.1. The van der Waals surface area contributed by atoms with Crippen molar-refractivity contribution in [1.29, 1.82) is 0 Å². The van der Waals surface area contributed by atoms with Gasteiger partial charge in [-0.2, -0.15) is 4.79 Å². The van der Waals surface area contributed by atoms with Crippen LogP contribution in [0.3, 0.4) is 0 Å². The predicted molar refractivity (Wildman–Crippen MR) is 132 cm³/mol. The number of carbonyl (C=O) groups is 3. The normalized spacial score (nSPS) is 17.0. The van der Waals surface area contributed by atoms with E-state index in [2.05, 4.69) is 4.99 Å². The Labute approximate surface area is 204 Å². The highest BCUT2D eigenvalue weighted by atomic mass is 16.6. The Morgan fingerprint density at radius 2 is 1.77 bits per heavy atom. The molecule has 1 aliphatic rings. The number of quaternary nitrogens is 1. The van der Waals surface area contributed by atoms with Crippen LogP contribution in [0, 0.1) is 6.92 Å². The zero-order valence-corrected chi connectivity index (χ0v) is 20.5. The third kappa shape index (κ3) is 5.93. The van der Waals surface area contributed by atoms with Crippen LogP contribution in [0.15, 0.2) is 65.9 Å². The number of benzene rings is 2. The molecule has 0 radical (unpaired) electrons. The van der Waals surface area contributed by atoms with Gasteiger partial charge < -0.3 is 19.5 Å². The maximum atomic E-state index is 12.4. The number of nitrogens with zero attached hydrogens (tertiary/aromatic N) is 3. The van der Waals surface area contributed by atoms with Crippen LogP contribution in [0.2, 0.25) is 0 Å². The zero-order chi connectivity index (χ0) is 25.8. The fourth-order valence-electron chi connectivity index (χ4n) is 3.54. The first-order valence-corrected chi connectivity index (χ1v) is 11.1. The molecule has 184 valence electrons. The van der Waals surface area contributed by atoms with Crippen molar-refractivity contribution in [3.05, 3.63) is 72.1 Å². The van der Waals surface area contributed by atoms with Gasteiger partial charge >= 0.3 is 18.2 Å². The standard InChI is InChI=1S/C26H29N3O6/c1-18-7-6-8-19(17-18)23(30)34-21-11-9-20(10-12-21)29(25(32)33)16-14-27-22(29)13-15-28(5)24(31)35-26(2,3)4/h6-12,14,16-17H,13,15H2,1-5H3/p+1. The van der Waals surface area contributed by atoms with E-state index < -0.39 is 28.2 Å². The molecule has 35 heavy (non-hydrogen) atoms. The lowest BCUT2D eigenvalue weighted by molar-refractivity contribution is 0.0302. The van der Waals surface area contributed by atoms with E-state index in [-0.39, 0.29) is 18.7 Å². The van der Waals surface area contributed by atoms with Gasteiger partial charge in [0.2, 0.25) is 5.84 Å². The molecule has 1 heterocycles. The van der Waals surface area contributed by atoms with Crippen molar-refractivity contribution >= 4 is 29.7 Å². The molecule has 1 atom stereocenters. The second-order valence-corrected chi connectivity index (χ2v) is 9.25. The van der Waals surface area contributed by atoms with Gasteiger partial charge in [-0.25, -0.2) is 14.6 Å². The van der Waals surface area contributed by atoms with Gasteiger partial charge in [-0.05, 0) is 52.0 Å². The quantitative estimate of drug-likeness (QED) is 0.340. The SMILES string of the molecule is Cc1cccc(C(=O)Oc2ccc([N+]3(C(=O)O)C=CN=C3CCN(C)C(=O)OC(C)(C)C)cc2)c1. The van der Waals surface area contributed by atoms with Gasteiger partial charge in [0.05, 0.1) is 18.2 Å². The molecule has 0 saturated carbocycles. The molecule has 1 aliphatic heterocycles. The average Bonchev–Trinajstić information content (AvgIpc) is 3.22. The summed E-state index contributed by atoms with van der Waals surface area (Å²) in [4.78, 5) is 42.8. The Kier molecular flexibility index (Phi) is 7.40. The van der Waals surface area contributed by atoms with Crippen LogP contribution in [-0.2, 0) is 4.74 Å². The molecule has 2 aromatic rings. The van der Waals surface area contributed by atoms with E-state index in [0.717, 1.165) is 5.56 Å². The third-order valence-electron chi connectivity index (χ3n) is 5.31. The molecule has 0 spiro atoms. The van der Waals surface area contributed by atoms with Crippen molar-refractivity contribution in [3.8, 4) is 5.75 Å². The lowest BCUT2D eigenvalue weighted by Crippen LogP contribution is -2.52. The fourth-order valence-corrected chi connectivity index (χ4v) is 3.54. The van der Waals surface area contributed by atoms with Crippen LogP contribution in [0.5, 0.6) is 5.75 Å². The number of carboxylic acid groups (broad SMARTS) is 1. The highest BCUT2D eigenvalue weighted by Gasteiger charge is 2.46. The number of amidine groups is 1. The molecule has 1 N–H and O–H groups in total. The third-order valence-corrected chi connectivity index (χ3v) is 5.31. The van der Waals surface area contributed by atoms with E-state index in [1.165, 1.54) is 17.3 Å². The summed E-state index contributed by atoms with van der Waals surface area (Å²) in [6, 6.07) is 13.3. The number of hydrogen-bond acceptors (Lipinski definition) is 6. The predicted octanol–water partition coefficient (Wildman–Crippen LogP) is 5.34. The molecule has 2 aromatic carbocycles. The molecule has 9 heteroatoms. The number of carbonyl (C=O) groups excluding carboxylic acids is 2. The number of ether oxygens (including phenoxy) is 2. The van der Waals surface area contributed by atoms with Gasteiger partial charge in [0.1, 0.15) is 17.6 Å². The van der Waals surface area contributed by atoms with E-state index in [4.69, 9.17) is 9.47 Å². The molecular weight excluding hydrogens is 450 g/mol. The number of amides is 2. The van der Waals surface area contributed by atoms with Gasteiger partial charge in [0, 0.05) is 25.7 Å². The minimum absolute atomic E-state index is 0.207. The molecule has 0 saturated heterocycles. The fraction of sp³-hybridized carbons (Fsp3) is 0.308. The Hall–Kier alpha value is -3.98. The van der Waals surface area contributed by atoms with Crippen LogP contribution >= 0.6 is 0 Å². The van der Waals surface area contributed by atoms with Crippen LogP contribution in [0.4, 0.5) is 15.3 Å². The van der Waals surface area contributed by atoms with Crippen molar-refractivity contribution in [2.45, 2.75) is 39.7 Å². The summed E-state index contributed by atoms with van der Waals surface area (Å²) in [5.74, 6) is 0.115. The van der Waals surface area contributed by atoms with Crippen LogP contribution in [-0.4, -0.2) is 53.2 Å². The van der Waals surface area contributed by atoms with E-state index in [0.29, 0.717) is 17.1 Å². The molecule has 1 unspecified atom stereocenters. The number of esters is 1. The molecular formula is C26H30N3O6+. The number of hydrogen-bond donors (Lipinski definition) is 1. The highest BCUT2D eigenvalue weighted by Crippen LogP contribution is 2.32. The van der Waals surface area contributed by atoms with Crippen molar-refractivity contribution in [3.63, 3.8) is 0 Å². The molecule has 2 amide bonds. The zero-order valence-electron chi connectivity index (χ0n) is 20.5. The molecule has 9 nitrogen and oxygen atoms in total. The van der Waals surface area contributed by atoms with Crippen molar-refractivity contribution in [2.24, 2.45) is 4.99 Å². The Morgan fingerprint density at radius 3 is 2.37 bits per heavy atom. The maximum Gasteiger partial charge on any atom is 0.529 e. The molecule has 0 aromatic heterocycles. The van der Waals surface area contributed by atoms with Gasteiger partial charge in [-0.3, -0.25) is 0 Å². The smallest absolute Gasteiger partial charge is 0.444 e. The number of rotatable bonds is 6. The highest BCUT2D eigenvalue weighted by molar-refractivity contribution is 6.11. The number of aliphatic imine (C=N–C) groups is 1. The summed E-state index contributed by atoms with van der Waals surface area (Å²) in [5, 5.41) is 10.2. The summed E-state index contributed by atoms with van der Waals surface area (Å²) >= 11 is 0. The van der Waals surface area contributed by atoms with Crippen LogP contribution < -0.4 is 9.22 Å². The topological polar surface area (TPSA) is 106 Å². The summed E-state index contributed by atoms with van der Waals surface area (Å²) in [6.45, 7) is 7.43. The monoisotopic (exact) mass is 480 g/mol. The summed E-state index contributed by atoms with van der Waals surface area (Å²) in [7, 11) is 1.59. The Bertz CT molecular complexity index is 1180. The summed E-state index contributed by atoms with van der Waals surface area (Å²) in [5.41, 5.74) is 1.13. The molecule has 0 fully saturated rings. The van der Waals surface area contributed by atoms with Crippen molar-refractivity contribution < 1.29 is 29.0 Å². The van der Waals surface area contributed by atoms with E-state index in [1.54, 1.807) is 70.3 Å².